The van der Waals surface area contributed by atoms with Crippen LogP contribution in [-0.2, 0) is 4.79 Å². The summed E-state index contributed by atoms with van der Waals surface area (Å²) in [6.07, 6.45) is 1.51. The van der Waals surface area contributed by atoms with Gasteiger partial charge in [0.1, 0.15) is 5.75 Å². The third kappa shape index (κ3) is 5.22. The molecule has 0 atom stereocenters. The number of hydrazone groups is 1. The Morgan fingerprint density at radius 2 is 1.96 bits per heavy atom. The van der Waals surface area contributed by atoms with Crippen LogP contribution in [-0.4, -0.2) is 32.9 Å². The van der Waals surface area contributed by atoms with E-state index in [-0.39, 0.29) is 12.5 Å². The summed E-state index contributed by atoms with van der Waals surface area (Å²) < 4.78 is 16.7. The fraction of sp³-hybridized carbons (Fsp3) is 0.222. The van der Waals surface area contributed by atoms with E-state index in [2.05, 4.69) is 26.5 Å². The zero-order valence-corrected chi connectivity index (χ0v) is 15.8. The predicted molar refractivity (Wildman–Crippen MR) is 99.7 cm³/mol. The van der Waals surface area contributed by atoms with Gasteiger partial charge in [-0.05, 0) is 52.2 Å². The van der Waals surface area contributed by atoms with Crippen LogP contribution in [0.3, 0.4) is 0 Å². The Labute approximate surface area is 154 Å². The van der Waals surface area contributed by atoms with Crippen molar-refractivity contribution < 1.29 is 19.0 Å². The Morgan fingerprint density at radius 3 is 2.64 bits per heavy atom. The van der Waals surface area contributed by atoms with Crippen LogP contribution in [0.5, 0.6) is 17.2 Å². The van der Waals surface area contributed by atoms with E-state index in [1.54, 1.807) is 26.4 Å². The van der Waals surface area contributed by atoms with Gasteiger partial charge in [0.2, 0.25) is 0 Å². The van der Waals surface area contributed by atoms with Crippen molar-refractivity contribution in [3.63, 3.8) is 0 Å². The first-order chi connectivity index (χ1) is 12.0. The molecule has 1 amide bonds. The number of amides is 1. The Balaban J connectivity index is 1.93. The molecule has 2 aromatic carbocycles. The van der Waals surface area contributed by atoms with Crippen LogP contribution in [0.2, 0.25) is 0 Å². The molecule has 0 unspecified atom stereocenters. The molecule has 0 saturated carbocycles. The summed E-state index contributed by atoms with van der Waals surface area (Å²) in [6.45, 7) is 1.80. The molecule has 1 N–H and O–H groups in total. The summed E-state index contributed by atoms with van der Waals surface area (Å²) in [7, 11) is 3.11. The second kappa shape index (κ2) is 9.08. The first-order valence-corrected chi connectivity index (χ1v) is 8.26. The first-order valence-electron chi connectivity index (χ1n) is 7.47. The highest BCUT2D eigenvalue weighted by Gasteiger charge is 2.09. The topological polar surface area (TPSA) is 69.2 Å². The lowest BCUT2D eigenvalue weighted by atomic mass is 10.2. The molecule has 25 heavy (non-hydrogen) atoms. The number of halogens is 1. The van der Waals surface area contributed by atoms with Crippen molar-refractivity contribution in [1.29, 1.82) is 0 Å². The van der Waals surface area contributed by atoms with Crippen LogP contribution >= 0.6 is 15.9 Å². The molecule has 7 heteroatoms. The number of hydrogen-bond donors (Lipinski definition) is 1. The number of aryl methyl sites for hydroxylation is 1. The number of carbonyl (C=O) groups is 1. The molecule has 6 nitrogen and oxygen atoms in total. The number of benzene rings is 2. The minimum Gasteiger partial charge on any atom is -0.493 e. The van der Waals surface area contributed by atoms with Crippen LogP contribution in [0.25, 0.3) is 0 Å². The number of methoxy groups -OCH3 is 2. The number of para-hydroxylation sites is 1. The van der Waals surface area contributed by atoms with Gasteiger partial charge in [-0.2, -0.15) is 5.10 Å². The van der Waals surface area contributed by atoms with Crippen molar-refractivity contribution in [3.8, 4) is 17.2 Å². The van der Waals surface area contributed by atoms with Crippen molar-refractivity contribution in [2.75, 3.05) is 20.8 Å². The maximum absolute atomic E-state index is 11.8. The minimum atomic E-state index is -0.348. The third-order valence-electron chi connectivity index (χ3n) is 3.31. The molecular formula is C18H19BrN2O4. The standard InChI is InChI=1S/C18H19BrN2O4/c1-12-6-4-5-7-15(12)25-11-17(22)21-20-10-13-8-14(19)18(24-3)16(9-13)23-2/h4-10H,11H2,1-3H3,(H,21,22). The van der Waals surface area contributed by atoms with Crippen molar-refractivity contribution >= 4 is 28.1 Å². The Hall–Kier alpha value is -2.54. The van der Waals surface area contributed by atoms with E-state index in [1.807, 2.05) is 31.2 Å². The zero-order valence-electron chi connectivity index (χ0n) is 14.2. The highest BCUT2D eigenvalue weighted by Crippen LogP contribution is 2.35. The van der Waals surface area contributed by atoms with E-state index in [4.69, 9.17) is 14.2 Å². The van der Waals surface area contributed by atoms with Crippen LogP contribution < -0.4 is 19.6 Å². The molecule has 0 aliphatic heterocycles. The highest BCUT2D eigenvalue weighted by atomic mass is 79.9. The largest absolute Gasteiger partial charge is 0.493 e. The molecule has 0 aliphatic carbocycles. The van der Waals surface area contributed by atoms with Gasteiger partial charge in [-0.1, -0.05) is 18.2 Å². The number of rotatable bonds is 7. The maximum Gasteiger partial charge on any atom is 0.277 e. The Kier molecular flexibility index (Phi) is 6.82. The minimum absolute atomic E-state index is 0.113. The van der Waals surface area contributed by atoms with Crippen molar-refractivity contribution in [2.24, 2.45) is 5.10 Å². The first kappa shape index (κ1) is 18.8. The maximum atomic E-state index is 11.8. The molecule has 0 radical (unpaired) electrons. The number of carbonyl (C=O) groups excluding carboxylic acids is 1. The predicted octanol–water partition coefficient (Wildman–Crippen LogP) is 3.30. The van der Waals surface area contributed by atoms with Gasteiger partial charge in [-0.3, -0.25) is 4.79 Å². The van der Waals surface area contributed by atoms with E-state index < -0.39 is 0 Å². The van der Waals surface area contributed by atoms with E-state index in [1.165, 1.54) is 6.21 Å². The normalized spacial score (nSPS) is 10.6. The molecule has 132 valence electrons. The lowest BCUT2D eigenvalue weighted by Crippen LogP contribution is -2.24. The average Bonchev–Trinajstić information content (AvgIpc) is 2.60. The Morgan fingerprint density at radius 1 is 1.20 bits per heavy atom. The summed E-state index contributed by atoms with van der Waals surface area (Å²) in [5.74, 6) is 1.48. The summed E-state index contributed by atoms with van der Waals surface area (Å²) in [5, 5.41) is 3.93. The van der Waals surface area contributed by atoms with Crippen molar-refractivity contribution in [1.82, 2.24) is 5.43 Å². The third-order valence-corrected chi connectivity index (χ3v) is 3.90. The van der Waals surface area contributed by atoms with Gasteiger partial charge in [0.15, 0.2) is 18.1 Å². The van der Waals surface area contributed by atoms with Gasteiger partial charge in [-0.25, -0.2) is 5.43 Å². The van der Waals surface area contributed by atoms with Gasteiger partial charge in [-0.15, -0.1) is 0 Å². The van der Waals surface area contributed by atoms with E-state index in [0.717, 1.165) is 15.6 Å². The SMILES string of the molecule is COc1cc(C=NNC(=O)COc2ccccc2C)cc(Br)c1OC. The van der Waals surface area contributed by atoms with E-state index in [0.29, 0.717) is 17.2 Å². The summed E-state index contributed by atoms with van der Waals surface area (Å²) in [6, 6.07) is 11.1. The molecule has 0 saturated heterocycles. The molecule has 0 bridgehead atoms. The van der Waals surface area contributed by atoms with E-state index in [9.17, 15) is 4.79 Å². The molecule has 0 aromatic heterocycles. The fourth-order valence-corrected chi connectivity index (χ4v) is 2.71. The monoisotopic (exact) mass is 406 g/mol. The van der Waals surface area contributed by atoms with Crippen molar-refractivity contribution in [3.05, 3.63) is 52.0 Å². The Bertz CT molecular complexity index is 778. The second-order valence-electron chi connectivity index (χ2n) is 5.09. The molecule has 2 aromatic rings. The molecule has 0 aliphatic rings. The van der Waals surface area contributed by atoms with Gasteiger partial charge < -0.3 is 14.2 Å². The summed E-state index contributed by atoms with van der Waals surface area (Å²) >= 11 is 3.40. The summed E-state index contributed by atoms with van der Waals surface area (Å²) in [4.78, 5) is 11.8. The molecule has 2 rings (SSSR count). The number of hydrogen-bond acceptors (Lipinski definition) is 5. The molecule has 0 fully saturated rings. The molecule has 0 heterocycles. The quantitative estimate of drug-likeness (QED) is 0.565. The fourth-order valence-electron chi connectivity index (χ4n) is 2.09. The van der Waals surface area contributed by atoms with Gasteiger partial charge >= 0.3 is 0 Å². The molecule has 0 spiro atoms. The number of nitrogens with zero attached hydrogens (tertiary/aromatic N) is 1. The lowest BCUT2D eigenvalue weighted by molar-refractivity contribution is -0.123. The van der Waals surface area contributed by atoms with Crippen LogP contribution in [0.4, 0.5) is 0 Å². The zero-order chi connectivity index (χ0) is 18.2. The number of nitrogens with one attached hydrogen (secondary N) is 1. The molecular weight excluding hydrogens is 388 g/mol. The highest BCUT2D eigenvalue weighted by molar-refractivity contribution is 9.10. The van der Waals surface area contributed by atoms with Crippen LogP contribution in [0, 0.1) is 6.92 Å². The lowest BCUT2D eigenvalue weighted by Gasteiger charge is -2.10. The van der Waals surface area contributed by atoms with Gasteiger partial charge in [0.25, 0.3) is 5.91 Å². The van der Waals surface area contributed by atoms with Crippen molar-refractivity contribution in [2.45, 2.75) is 6.92 Å². The summed E-state index contributed by atoms with van der Waals surface area (Å²) in [5.41, 5.74) is 4.13. The average molecular weight is 407 g/mol. The van der Waals surface area contributed by atoms with E-state index >= 15 is 0 Å². The van der Waals surface area contributed by atoms with Gasteiger partial charge in [0, 0.05) is 0 Å². The van der Waals surface area contributed by atoms with Crippen LogP contribution in [0.1, 0.15) is 11.1 Å². The van der Waals surface area contributed by atoms with Gasteiger partial charge in [0.05, 0.1) is 24.9 Å². The van der Waals surface area contributed by atoms with Crippen LogP contribution in [0.15, 0.2) is 46.0 Å². The number of ether oxygens (including phenoxy) is 3. The second-order valence-corrected chi connectivity index (χ2v) is 5.94. The smallest absolute Gasteiger partial charge is 0.277 e.